The van der Waals surface area contributed by atoms with E-state index in [4.69, 9.17) is 9.84 Å². The summed E-state index contributed by atoms with van der Waals surface area (Å²) in [6.07, 6.45) is 1.32. The summed E-state index contributed by atoms with van der Waals surface area (Å²) in [5.74, 6) is 0.187. The van der Waals surface area contributed by atoms with Crippen LogP contribution in [-0.2, 0) is 23.8 Å². The number of alkyl halides is 3. The van der Waals surface area contributed by atoms with Crippen molar-refractivity contribution in [2.45, 2.75) is 65.0 Å². The van der Waals surface area contributed by atoms with E-state index in [9.17, 15) is 18.0 Å². The first-order valence-corrected chi connectivity index (χ1v) is 11.6. The minimum atomic E-state index is -4.44. The Bertz CT molecular complexity index is 1140. The Morgan fingerprint density at radius 1 is 1.20 bits per heavy atom. The lowest BCUT2D eigenvalue weighted by atomic mass is 9.97. The molecule has 3 aromatic rings. The first kappa shape index (κ1) is 26.2. The molecular weight excluding hydrogens is 459 g/mol. The van der Waals surface area contributed by atoms with Gasteiger partial charge in [-0.15, -0.1) is 0 Å². The SMILES string of the molecule is CCCC(C)c1nn(-c2ccc(C(F)(F)F)cn2)cc1CCCOc1c(C)cccc1CC(=O)O. The van der Waals surface area contributed by atoms with E-state index >= 15 is 0 Å². The molecule has 188 valence electrons. The molecule has 2 heterocycles. The van der Waals surface area contributed by atoms with Gasteiger partial charge in [-0.3, -0.25) is 4.79 Å². The molecule has 0 radical (unpaired) electrons. The van der Waals surface area contributed by atoms with E-state index in [0.29, 0.717) is 36.6 Å². The summed E-state index contributed by atoms with van der Waals surface area (Å²) in [6, 6.07) is 7.77. The Morgan fingerprint density at radius 3 is 2.60 bits per heavy atom. The van der Waals surface area contributed by atoms with E-state index in [1.807, 2.05) is 25.3 Å². The van der Waals surface area contributed by atoms with E-state index in [1.54, 1.807) is 6.07 Å². The molecule has 35 heavy (non-hydrogen) atoms. The molecule has 0 bridgehead atoms. The number of carboxylic acids is 1. The van der Waals surface area contributed by atoms with E-state index < -0.39 is 17.7 Å². The lowest BCUT2D eigenvalue weighted by molar-refractivity contribution is -0.138. The Kier molecular flexibility index (Phi) is 8.53. The van der Waals surface area contributed by atoms with Crippen molar-refractivity contribution >= 4 is 5.97 Å². The molecule has 1 N–H and O–H groups in total. The van der Waals surface area contributed by atoms with Crippen LogP contribution in [0.5, 0.6) is 5.75 Å². The van der Waals surface area contributed by atoms with Gasteiger partial charge in [0.25, 0.3) is 0 Å². The molecule has 6 nitrogen and oxygen atoms in total. The highest BCUT2D eigenvalue weighted by Crippen LogP contribution is 2.30. The topological polar surface area (TPSA) is 77.2 Å². The second-order valence-electron chi connectivity index (χ2n) is 8.66. The normalized spacial score (nSPS) is 12.5. The third kappa shape index (κ3) is 6.83. The fraction of sp³-hybridized carbons (Fsp3) is 0.423. The van der Waals surface area contributed by atoms with Crippen molar-refractivity contribution < 1.29 is 27.8 Å². The highest BCUT2D eigenvalue weighted by molar-refractivity contribution is 5.71. The van der Waals surface area contributed by atoms with E-state index in [1.165, 1.54) is 10.7 Å². The van der Waals surface area contributed by atoms with Crippen LogP contribution >= 0.6 is 0 Å². The summed E-state index contributed by atoms with van der Waals surface area (Å²) in [5.41, 5.74) is 2.60. The molecule has 0 aliphatic carbocycles. The third-order valence-electron chi connectivity index (χ3n) is 5.79. The van der Waals surface area contributed by atoms with E-state index in [2.05, 4.69) is 23.9 Å². The molecule has 9 heteroatoms. The van der Waals surface area contributed by atoms with Crippen molar-refractivity contribution in [1.82, 2.24) is 14.8 Å². The fourth-order valence-electron chi connectivity index (χ4n) is 4.07. The van der Waals surface area contributed by atoms with Crippen molar-refractivity contribution in [3.8, 4) is 11.6 Å². The molecule has 0 spiro atoms. The largest absolute Gasteiger partial charge is 0.493 e. The highest BCUT2D eigenvalue weighted by Gasteiger charge is 2.30. The lowest BCUT2D eigenvalue weighted by Crippen LogP contribution is -2.07. The Labute approximate surface area is 202 Å². The van der Waals surface area contributed by atoms with Crippen molar-refractivity contribution in [1.29, 1.82) is 0 Å². The van der Waals surface area contributed by atoms with Crippen molar-refractivity contribution in [2.24, 2.45) is 0 Å². The van der Waals surface area contributed by atoms with Crippen LogP contribution in [-0.4, -0.2) is 32.4 Å². The van der Waals surface area contributed by atoms with Crippen LogP contribution in [0.2, 0.25) is 0 Å². The summed E-state index contributed by atoms with van der Waals surface area (Å²) in [6.45, 7) is 6.45. The van der Waals surface area contributed by atoms with Crippen molar-refractivity contribution in [3.05, 3.63) is 70.7 Å². The fourth-order valence-corrected chi connectivity index (χ4v) is 4.07. The van der Waals surface area contributed by atoms with Gasteiger partial charge in [-0.1, -0.05) is 38.5 Å². The van der Waals surface area contributed by atoms with Crippen LogP contribution in [0.25, 0.3) is 5.82 Å². The molecular formula is C26H30F3N3O3. The maximum atomic E-state index is 12.9. The molecule has 0 aliphatic heterocycles. The average molecular weight is 490 g/mol. The first-order valence-electron chi connectivity index (χ1n) is 11.6. The summed E-state index contributed by atoms with van der Waals surface area (Å²) in [4.78, 5) is 15.1. The van der Waals surface area contributed by atoms with E-state index in [-0.39, 0.29) is 12.3 Å². The number of hydrogen-bond donors (Lipinski definition) is 1. The van der Waals surface area contributed by atoms with Crippen LogP contribution in [0, 0.1) is 6.92 Å². The van der Waals surface area contributed by atoms with Gasteiger partial charge in [-0.05, 0) is 49.4 Å². The summed E-state index contributed by atoms with van der Waals surface area (Å²) < 4.78 is 46.2. The number of pyridine rings is 1. The zero-order valence-corrected chi connectivity index (χ0v) is 20.1. The Balaban J connectivity index is 1.74. The van der Waals surface area contributed by atoms with Crippen LogP contribution in [0.4, 0.5) is 13.2 Å². The molecule has 0 aliphatic rings. The van der Waals surface area contributed by atoms with Crippen LogP contribution < -0.4 is 4.74 Å². The predicted octanol–water partition coefficient (Wildman–Crippen LogP) is 6.14. The minimum absolute atomic E-state index is 0.109. The molecule has 1 unspecified atom stereocenters. The maximum absolute atomic E-state index is 12.9. The number of carboxylic acid groups (broad SMARTS) is 1. The average Bonchev–Trinajstić information content (AvgIpc) is 3.22. The monoisotopic (exact) mass is 489 g/mol. The first-order chi connectivity index (χ1) is 16.6. The van der Waals surface area contributed by atoms with Gasteiger partial charge < -0.3 is 9.84 Å². The Hall–Kier alpha value is -3.36. The lowest BCUT2D eigenvalue weighted by Gasteiger charge is -2.14. The van der Waals surface area contributed by atoms with Gasteiger partial charge in [-0.2, -0.15) is 18.3 Å². The summed E-state index contributed by atoms with van der Waals surface area (Å²) in [5, 5.41) is 13.8. The molecule has 0 fully saturated rings. The molecule has 0 saturated carbocycles. The van der Waals surface area contributed by atoms with Crippen LogP contribution in [0.3, 0.4) is 0 Å². The van der Waals surface area contributed by atoms with Crippen LogP contribution in [0.15, 0.2) is 42.7 Å². The van der Waals surface area contributed by atoms with Gasteiger partial charge in [0.2, 0.25) is 0 Å². The molecule has 0 amide bonds. The number of halogens is 3. The molecule has 3 rings (SSSR count). The number of hydrogen-bond acceptors (Lipinski definition) is 4. The number of ether oxygens (including phenoxy) is 1. The zero-order valence-electron chi connectivity index (χ0n) is 20.1. The van der Waals surface area contributed by atoms with Crippen molar-refractivity contribution in [2.75, 3.05) is 6.61 Å². The van der Waals surface area contributed by atoms with Gasteiger partial charge in [0.1, 0.15) is 5.75 Å². The molecule has 1 atom stereocenters. The van der Waals surface area contributed by atoms with Gasteiger partial charge >= 0.3 is 12.1 Å². The smallest absolute Gasteiger partial charge is 0.417 e. The number of nitrogens with zero attached hydrogens (tertiary/aromatic N) is 3. The second-order valence-corrected chi connectivity index (χ2v) is 8.66. The maximum Gasteiger partial charge on any atom is 0.417 e. The number of aryl methyl sites for hydroxylation is 2. The summed E-state index contributed by atoms with van der Waals surface area (Å²) >= 11 is 0. The number of rotatable bonds is 11. The van der Waals surface area contributed by atoms with E-state index in [0.717, 1.165) is 41.9 Å². The number of carbonyl (C=O) groups is 1. The predicted molar refractivity (Wildman–Crippen MR) is 126 cm³/mol. The Morgan fingerprint density at radius 2 is 1.97 bits per heavy atom. The van der Waals surface area contributed by atoms with Gasteiger partial charge in [0.15, 0.2) is 5.82 Å². The molecule has 0 saturated heterocycles. The molecule has 1 aromatic carbocycles. The molecule has 2 aromatic heterocycles. The third-order valence-corrected chi connectivity index (χ3v) is 5.79. The quantitative estimate of drug-likeness (QED) is 0.328. The van der Waals surface area contributed by atoms with Gasteiger partial charge in [-0.25, -0.2) is 9.67 Å². The van der Waals surface area contributed by atoms with Crippen LogP contribution in [0.1, 0.15) is 67.0 Å². The second kappa shape index (κ2) is 11.4. The summed E-state index contributed by atoms with van der Waals surface area (Å²) in [7, 11) is 0. The zero-order chi connectivity index (χ0) is 25.6. The van der Waals surface area contributed by atoms with Gasteiger partial charge in [0, 0.05) is 23.9 Å². The minimum Gasteiger partial charge on any atom is -0.493 e. The number of aliphatic carboxylic acids is 1. The number of aromatic nitrogens is 3. The van der Waals surface area contributed by atoms with Crippen molar-refractivity contribution in [3.63, 3.8) is 0 Å². The highest BCUT2D eigenvalue weighted by atomic mass is 19.4. The van der Waals surface area contributed by atoms with Gasteiger partial charge in [0.05, 0.1) is 24.3 Å². The standard InChI is InChI=1S/C26H30F3N3O3/c1-4-7-17(2)24-20(16-32(31-24)22-12-11-21(15-30-22)26(27,28)29)10-6-13-35-25-18(3)8-5-9-19(25)14-23(33)34/h5,8-9,11-12,15-17H,4,6-7,10,13-14H2,1-3H3,(H,33,34). The number of para-hydroxylation sites is 1. The number of benzene rings is 1.